The van der Waals surface area contributed by atoms with Gasteiger partial charge in [0.15, 0.2) is 12.2 Å². The zero-order valence-corrected chi connectivity index (χ0v) is 55.7. The number of halogens is 2. The van der Waals surface area contributed by atoms with E-state index in [2.05, 4.69) is 36.6 Å². The van der Waals surface area contributed by atoms with E-state index in [9.17, 15) is 9.59 Å². The summed E-state index contributed by atoms with van der Waals surface area (Å²) in [7, 11) is 0. The Kier molecular flexibility index (Phi) is 30.7. The number of hydrazone groups is 2. The van der Waals surface area contributed by atoms with Crippen molar-refractivity contribution in [3.63, 3.8) is 0 Å². The quantitative estimate of drug-likeness (QED) is 0.0425. The first-order valence-electron chi connectivity index (χ1n) is 33.7. The Bertz CT molecular complexity index is 2650. The van der Waals surface area contributed by atoms with Crippen molar-refractivity contribution in [2.24, 2.45) is 22.0 Å². The average Bonchev–Trinajstić information content (AvgIpc) is 1.72. The molecule has 4 amide bonds. The zero-order valence-electron chi connectivity index (χ0n) is 54.2. The standard InChI is InChI=1S/C73H104Cl2N6O6/c1-9-13-15-17-19-21-23-25-27-29-31-33-35-39-56-41-37-43-58(49-56)86-64(11-3)70(82)76-68-60(72(84)80(78-68)66-54(7)45-52(5)47-62(66)74)51-61-69(79-81(73(61)85)67-55(8)46-53(6)48-63(67)75)77-71(83)65(12-4)87-59-44-38-42-57(50-59)40-36-34-32-30-28-26-24-22-20-18-16-14-10-2/h37-38,41-50,60-61,64-65H,9-36,39-40,51H2,1-8H3,(H,76,78,82)(H,77,79,83). The first-order chi connectivity index (χ1) is 42.1. The maximum Gasteiger partial charge on any atom is 0.266 e. The number of rotatable bonds is 40. The molecule has 0 radical (unpaired) electrons. The van der Waals surface area contributed by atoms with Crippen molar-refractivity contribution >= 4 is 69.9 Å². The Morgan fingerprint density at radius 2 is 0.793 bits per heavy atom. The highest BCUT2D eigenvalue weighted by Gasteiger charge is 2.47. The Labute approximate surface area is 532 Å². The van der Waals surface area contributed by atoms with Crippen molar-refractivity contribution < 1.29 is 28.7 Å². The summed E-state index contributed by atoms with van der Waals surface area (Å²) < 4.78 is 12.8. The minimum atomic E-state index is -1.20. The van der Waals surface area contributed by atoms with E-state index < -0.39 is 47.7 Å². The van der Waals surface area contributed by atoms with E-state index in [0.29, 0.717) is 56.9 Å². The number of hydrogen-bond acceptors (Lipinski definition) is 8. The number of ether oxygens (including phenoxy) is 2. The lowest BCUT2D eigenvalue weighted by Crippen LogP contribution is -2.47. The van der Waals surface area contributed by atoms with E-state index in [4.69, 9.17) is 42.9 Å². The highest BCUT2D eigenvalue weighted by molar-refractivity contribution is 6.35. The molecule has 0 fully saturated rings. The number of nitrogens with one attached hydrogen (secondary N) is 2. The van der Waals surface area contributed by atoms with Crippen LogP contribution in [-0.2, 0) is 32.0 Å². The van der Waals surface area contributed by atoms with Crippen molar-refractivity contribution in [1.82, 2.24) is 10.6 Å². The molecule has 12 nitrogen and oxygen atoms in total. The monoisotopic (exact) mass is 1230 g/mol. The Morgan fingerprint density at radius 3 is 1.10 bits per heavy atom. The van der Waals surface area contributed by atoms with E-state index in [1.54, 1.807) is 12.1 Å². The van der Waals surface area contributed by atoms with Crippen molar-refractivity contribution in [2.45, 2.75) is 267 Å². The summed E-state index contributed by atoms with van der Waals surface area (Å²) >= 11 is 13.8. The number of carbonyl (C=O) groups is 4. The van der Waals surface area contributed by atoms with Crippen LogP contribution >= 0.6 is 23.2 Å². The minimum Gasteiger partial charge on any atom is -0.481 e. The largest absolute Gasteiger partial charge is 0.481 e. The molecule has 0 aromatic heterocycles. The molecule has 87 heavy (non-hydrogen) atoms. The molecule has 14 heteroatoms. The van der Waals surface area contributed by atoms with Crippen molar-refractivity contribution in [3.05, 3.63) is 116 Å². The molecular formula is C73H104Cl2N6O6. The van der Waals surface area contributed by atoms with Crippen LogP contribution in [0.5, 0.6) is 11.5 Å². The molecule has 0 spiro atoms. The molecule has 6 rings (SSSR count). The number of nitrogens with zero attached hydrogens (tertiary/aromatic N) is 4. The average molecular weight is 1230 g/mol. The van der Waals surface area contributed by atoms with E-state index in [-0.39, 0.29) is 18.1 Å². The fourth-order valence-electron chi connectivity index (χ4n) is 12.2. The number of unbranched alkanes of at least 4 members (excludes halogenated alkanes) is 24. The SMILES string of the molecule is CCCCCCCCCCCCCCCc1cccc(OC(CC)C(=O)NC2=NN(c3c(C)cc(C)cc3Cl)C(=O)C2CC2C(=O)N(c3c(C)cc(C)cc3Cl)N=C2NC(=O)C(CC)Oc2cccc(CCCCCCCCCCCCCCC)c2)c1. The highest BCUT2D eigenvalue weighted by Crippen LogP contribution is 2.40. The van der Waals surface area contributed by atoms with Gasteiger partial charge in [-0.3, -0.25) is 19.2 Å². The van der Waals surface area contributed by atoms with Crippen LogP contribution in [0.15, 0.2) is 83.0 Å². The Morgan fingerprint density at radius 1 is 0.471 bits per heavy atom. The van der Waals surface area contributed by atoms with Gasteiger partial charge >= 0.3 is 0 Å². The first-order valence-corrected chi connectivity index (χ1v) is 34.4. The second-order valence-corrected chi connectivity index (χ2v) is 25.5. The van der Waals surface area contributed by atoms with E-state index in [0.717, 1.165) is 47.9 Å². The van der Waals surface area contributed by atoms with Gasteiger partial charge in [0.2, 0.25) is 0 Å². The van der Waals surface area contributed by atoms with Crippen molar-refractivity contribution in [1.29, 1.82) is 0 Å². The van der Waals surface area contributed by atoms with Gasteiger partial charge in [0.05, 0.1) is 21.4 Å². The van der Waals surface area contributed by atoms with Crippen LogP contribution in [0.25, 0.3) is 0 Å². The van der Waals surface area contributed by atoms with Crippen LogP contribution in [0.3, 0.4) is 0 Å². The van der Waals surface area contributed by atoms with Gasteiger partial charge in [0.25, 0.3) is 23.6 Å². The summed E-state index contributed by atoms with van der Waals surface area (Å²) in [5.74, 6) is -3.31. The van der Waals surface area contributed by atoms with Gasteiger partial charge in [-0.1, -0.05) is 241 Å². The van der Waals surface area contributed by atoms with E-state index >= 15 is 9.59 Å². The maximum atomic E-state index is 15.1. The number of hydrogen-bond donors (Lipinski definition) is 2. The van der Waals surface area contributed by atoms with Gasteiger partial charge in [0, 0.05) is 0 Å². The van der Waals surface area contributed by atoms with Crippen LogP contribution < -0.4 is 30.1 Å². The predicted molar refractivity (Wildman–Crippen MR) is 361 cm³/mol. The molecule has 2 heterocycles. The lowest BCUT2D eigenvalue weighted by atomic mass is 9.91. The molecule has 2 aliphatic rings. The molecule has 0 saturated carbocycles. The second-order valence-electron chi connectivity index (χ2n) is 24.7. The molecule has 0 aliphatic carbocycles. The van der Waals surface area contributed by atoms with Crippen LogP contribution in [0, 0.1) is 39.5 Å². The van der Waals surface area contributed by atoms with Gasteiger partial charge in [-0.25, -0.2) is 0 Å². The van der Waals surface area contributed by atoms with Gasteiger partial charge < -0.3 is 20.1 Å². The third-order valence-corrected chi connectivity index (χ3v) is 17.7. The summed E-state index contributed by atoms with van der Waals surface area (Å²) in [6, 6.07) is 23.1. The minimum absolute atomic E-state index is 0.00850. The van der Waals surface area contributed by atoms with Crippen molar-refractivity contribution in [3.8, 4) is 11.5 Å². The number of anilines is 2. The summed E-state index contributed by atoms with van der Waals surface area (Å²) in [6.07, 6.45) is 34.0. The fourth-order valence-corrected chi connectivity index (χ4v) is 13.0. The smallest absolute Gasteiger partial charge is 0.266 e. The Balaban J connectivity index is 1.14. The predicted octanol–water partition coefficient (Wildman–Crippen LogP) is 19.1. The molecule has 4 aromatic carbocycles. The molecular weight excluding hydrogens is 1130 g/mol. The lowest BCUT2D eigenvalue weighted by molar-refractivity contribution is -0.127. The number of amides is 4. The van der Waals surface area contributed by atoms with Crippen LogP contribution in [0.2, 0.25) is 10.0 Å². The van der Waals surface area contributed by atoms with Crippen LogP contribution in [-0.4, -0.2) is 47.5 Å². The normalized spacial score (nSPS) is 15.7. The number of amidine groups is 2. The summed E-state index contributed by atoms with van der Waals surface area (Å²) in [6.45, 7) is 15.8. The molecule has 2 aliphatic heterocycles. The third-order valence-electron chi connectivity index (χ3n) is 17.1. The molecule has 4 unspecified atom stereocenters. The highest BCUT2D eigenvalue weighted by atomic mass is 35.5. The third kappa shape index (κ3) is 22.4. The lowest BCUT2D eigenvalue weighted by Gasteiger charge is -2.22. The van der Waals surface area contributed by atoms with Crippen molar-refractivity contribution in [2.75, 3.05) is 10.0 Å². The molecule has 4 aromatic rings. The van der Waals surface area contributed by atoms with Crippen LogP contribution in [0.1, 0.15) is 247 Å². The molecule has 4 atom stereocenters. The van der Waals surface area contributed by atoms with Gasteiger partial charge in [-0.2, -0.15) is 20.2 Å². The number of benzene rings is 4. The molecule has 0 saturated heterocycles. The van der Waals surface area contributed by atoms with Gasteiger partial charge in [-0.15, -0.1) is 0 Å². The first kappa shape index (κ1) is 70.4. The van der Waals surface area contributed by atoms with Gasteiger partial charge in [0.1, 0.15) is 35.0 Å². The molecule has 2 N–H and O–H groups in total. The van der Waals surface area contributed by atoms with Gasteiger partial charge in [-0.05, 0) is 142 Å². The zero-order chi connectivity index (χ0) is 62.5. The maximum absolute atomic E-state index is 15.1. The summed E-state index contributed by atoms with van der Waals surface area (Å²) in [5.41, 5.74) is 6.15. The van der Waals surface area contributed by atoms with E-state index in [1.165, 1.54) is 164 Å². The number of aryl methyl sites for hydroxylation is 6. The second kappa shape index (κ2) is 38.0. The summed E-state index contributed by atoms with van der Waals surface area (Å²) in [5, 5.41) is 18.5. The fraction of sp³-hybridized carbons (Fsp3) is 0.589. The molecule has 476 valence electrons. The Hall–Kier alpha value is -5.72. The van der Waals surface area contributed by atoms with E-state index in [1.807, 2.05) is 90.1 Å². The van der Waals surface area contributed by atoms with Crippen LogP contribution in [0.4, 0.5) is 11.4 Å². The number of carbonyl (C=O) groups excluding carboxylic acids is 4. The topological polar surface area (TPSA) is 142 Å². The summed E-state index contributed by atoms with van der Waals surface area (Å²) in [4.78, 5) is 59.2. The molecule has 0 bridgehead atoms.